The number of nitrogens with two attached hydrogens (primary N) is 1. The normalized spacial score (nSPS) is 8.67. The molecular weight excluding hydrogens is 84.0 g/mol. The van der Waals surface area contributed by atoms with E-state index >= 15 is 0 Å². The molecular formula is CH4N4O. The zero-order chi connectivity index (χ0) is 4.83. The van der Waals surface area contributed by atoms with Crippen LogP contribution in [0.2, 0.25) is 0 Å². The van der Waals surface area contributed by atoms with Crippen molar-refractivity contribution in [1.29, 1.82) is 0 Å². The summed E-state index contributed by atoms with van der Waals surface area (Å²) in [6, 6.07) is 0. The van der Waals surface area contributed by atoms with Gasteiger partial charge in [0.25, 0.3) is 0 Å². The first-order valence-electron chi connectivity index (χ1n) is 1.21. The third-order valence-electron chi connectivity index (χ3n) is 0.185. The summed E-state index contributed by atoms with van der Waals surface area (Å²) in [5, 5.41) is 5.09. The van der Waals surface area contributed by atoms with Crippen molar-refractivity contribution in [1.82, 2.24) is 5.43 Å². The molecule has 34 valence electrons. The van der Waals surface area contributed by atoms with E-state index in [1.165, 1.54) is 0 Å². The second-order valence-electron chi connectivity index (χ2n) is 0.499. The Balaban J connectivity index is 2.85. The standard InChI is InChI=1S/CH4N4O/c2-3-1-4-5-6/h1H,2H2,(H,3,4,6). The number of nitroso groups, excluding NO2 is 1. The van der Waals surface area contributed by atoms with E-state index in [0.29, 0.717) is 0 Å². The van der Waals surface area contributed by atoms with E-state index in [1.807, 2.05) is 5.43 Å². The Morgan fingerprint density at radius 2 is 2.50 bits per heavy atom. The maximum absolute atomic E-state index is 9.06. The molecule has 0 aromatic heterocycles. The Morgan fingerprint density at radius 3 is 2.67 bits per heavy atom. The summed E-state index contributed by atoms with van der Waals surface area (Å²) >= 11 is 0. The SMILES string of the molecule is NN=CNN=O. The highest BCUT2D eigenvalue weighted by molar-refractivity contribution is 5.52. The van der Waals surface area contributed by atoms with Crippen LogP contribution < -0.4 is 11.3 Å². The summed E-state index contributed by atoms with van der Waals surface area (Å²) in [6.07, 6.45) is 0.979. The quantitative estimate of drug-likeness (QED) is 0.152. The molecule has 0 atom stereocenters. The van der Waals surface area contributed by atoms with Gasteiger partial charge in [0.05, 0.1) is 5.29 Å². The molecule has 5 heteroatoms. The summed E-state index contributed by atoms with van der Waals surface area (Å²) in [7, 11) is 0. The summed E-state index contributed by atoms with van der Waals surface area (Å²) < 4.78 is 0. The van der Waals surface area contributed by atoms with E-state index in [4.69, 9.17) is 4.91 Å². The van der Waals surface area contributed by atoms with Crippen LogP contribution >= 0.6 is 0 Å². The molecule has 6 heavy (non-hydrogen) atoms. The lowest BCUT2D eigenvalue weighted by Crippen LogP contribution is -2.00. The molecule has 0 bridgehead atoms. The largest absolute Gasteiger partial charge is 0.322 e. The first-order valence-corrected chi connectivity index (χ1v) is 1.21. The van der Waals surface area contributed by atoms with Gasteiger partial charge in [0.1, 0.15) is 6.34 Å². The smallest absolute Gasteiger partial charge is 0.131 e. The first kappa shape index (κ1) is 4.87. The van der Waals surface area contributed by atoms with Gasteiger partial charge in [-0.25, -0.2) is 5.43 Å². The van der Waals surface area contributed by atoms with Crippen molar-refractivity contribution in [3.05, 3.63) is 4.91 Å². The molecule has 5 nitrogen and oxygen atoms in total. The monoisotopic (exact) mass is 88.0 g/mol. The predicted octanol–water partition coefficient (Wildman–Crippen LogP) is -0.841. The molecule has 0 aliphatic carbocycles. The minimum absolute atomic E-state index is 0.979. The average molecular weight is 88.1 g/mol. The van der Waals surface area contributed by atoms with Crippen LogP contribution in [0.1, 0.15) is 0 Å². The van der Waals surface area contributed by atoms with Crippen molar-refractivity contribution in [2.45, 2.75) is 0 Å². The zero-order valence-electron chi connectivity index (χ0n) is 2.96. The summed E-state index contributed by atoms with van der Waals surface area (Å²) in [5.74, 6) is 4.52. The van der Waals surface area contributed by atoms with Crippen molar-refractivity contribution >= 4 is 6.34 Å². The minimum Gasteiger partial charge on any atom is -0.322 e. The molecule has 0 saturated carbocycles. The van der Waals surface area contributed by atoms with Gasteiger partial charge in [-0.3, -0.25) is 0 Å². The van der Waals surface area contributed by atoms with Crippen LogP contribution in [0.5, 0.6) is 0 Å². The number of hydrazone groups is 1. The summed E-state index contributed by atoms with van der Waals surface area (Å²) in [5.41, 5.74) is 1.85. The van der Waals surface area contributed by atoms with Gasteiger partial charge < -0.3 is 5.84 Å². The third-order valence-corrected chi connectivity index (χ3v) is 0.185. The lowest BCUT2D eigenvalue weighted by Gasteiger charge is -1.72. The van der Waals surface area contributed by atoms with Crippen LogP contribution in [0.15, 0.2) is 10.4 Å². The second kappa shape index (κ2) is 3.87. The van der Waals surface area contributed by atoms with Gasteiger partial charge in [-0.2, -0.15) is 5.10 Å². The van der Waals surface area contributed by atoms with Gasteiger partial charge in [0, 0.05) is 0 Å². The molecule has 0 saturated heterocycles. The number of nitrogens with zero attached hydrogens (tertiary/aromatic N) is 2. The van der Waals surface area contributed by atoms with Crippen molar-refractivity contribution in [2.24, 2.45) is 16.2 Å². The molecule has 0 aliphatic heterocycles. The Kier molecular flexibility index (Phi) is 3.14. The fourth-order valence-electron chi connectivity index (χ4n) is 0.0569. The van der Waals surface area contributed by atoms with E-state index in [9.17, 15) is 0 Å². The Bertz CT molecular complexity index is 58.6. The molecule has 0 aromatic rings. The molecule has 0 unspecified atom stereocenters. The van der Waals surface area contributed by atoms with Crippen molar-refractivity contribution in [2.75, 3.05) is 0 Å². The van der Waals surface area contributed by atoms with Crippen LogP contribution in [0, 0.1) is 4.91 Å². The van der Waals surface area contributed by atoms with Gasteiger partial charge in [-0.05, 0) is 0 Å². The molecule has 3 N–H and O–H groups in total. The minimum atomic E-state index is 0.979. The highest BCUT2D eigenvalue weighted by Crippen LogP contribution is 1.41. The van der Waals surface area contributed by atoms with E-state index in [0.717, 1.165) is 6.34 Å². The molecule has 0 aliphatic rings. The van der Waals surface area contributed by atoms with Crippen LogP contribution in [0.3, 0.4) is 0 Å². The molecule has 0 radical (unpaired) electrons. The highest BCUT2D eigenvalue weighted by Gasteiger charge is 1.57. The fraction of sp³-hybridized carbons (Fsp3) is 0. The van der Waals surface area contributed by atoms with Crippen LogP contribution in [-0.4, -0.2) is 6.34 Å². The number of rotatable bonds is 2. The van der Waals surface area contributed by atoms with Crippen molar-refractivity contribution < 1.29 is 0 Å². The summed E-state index contributed by atoms with van der Waals surface area (Å²) in [6.45, 7) is 0. The van der Waals surface area contributed by atoms with E-state index in [1.54, 1.807) is 0 Å². The highest BCUT2D eigenvalue weighted by atomic mass is 16.3. The Morgan fingerprint density at radius 1 is 1.83 bits per heavy atom. The zero-order valence-corrected chi connectivity index (χ0v) is 2.96. The summed E-state index contributed by atoms with van der Waals surface area (Å²) in [4.78, 5) is 9.06. The van der Waals surface area contributed by atoms with Gasteiger partial charge in [0.15, 0.2) is 0 Å². The number of nitrogens with one attached hydrogen (secondary N) is 1. The second-order valence-corrected chi connectivity index (χ2v) is 0.499. The van der Waals surface area contributed by atoms with Gasteiger partial charge in [-0.15, -0.1) is 4.91 Å². The van der Waals surface area contributed by atoms with E-state index in [-0.39, 0.29) is 0 Å². The van der Waals surface area contributed by atoms with Crippen LogP contribution in [0.25, 0.3) is 0 Å². The van der Waals surface area contributed by atoms with Gasteiger partial charge in [0.2, 0.25) is 0 Å². The average Bonchev–Trinajstić information content (AvgIpc) is 1.61. The van der Waals surface area contributed by atoms with E-state index < -0.39 is 0 Å². The van der Waals surface area contributed by atoms with Crippen molar-refractivity contribution in [3.63, 3.8) is 0 Å². The maximum Gasteiger partial charge on any atom is 0.131 e. The van der Waals surface area contributed by atoms with Gasteiger partial charge in [-0.1, -0.05) is 0 Å². The lowest BCUT2D eigenvalue weighted by molar-refractivity contribution is 1.02. The van der Waals surface area contributed by atoms with Gasteiger partial charge >= 0.3 is 0 Å². The molecule has 0 aromatic carbocycles. The predicted molar refractivity (Wildman–Crippen MR) is 21.6 cm³/mol. The van der Waals surface area contributed by atoms with Crippen LogP contribution in [0.4, 0.5) is 0 Å². The molecule has 0 spiro atoms. The molecule has 0 rings (SSSR count). The fourth-order valence-corrected chi connectivity index (χ4v) is 0.0569. The molecule has 0 amide bonds. The Labute approximate surface area is 34.2 Å². The maximum atomic E-state index is 9.06. The number of hydrogen-bond acceptors (Lipinski definition) is 4. The van der Waals surface area contributed by atoms with E-state index in [2.05, 4.69) is 16.2 Å². The van der Waals surface area contributed by atoms with Crippen molar-refractivity contribution in [3.8, 4) is 0 Å². The molecule has 0 fully saturated rings. The lowest BCUT2D eigenvalue weighted by atomic mass is 11.4. The third kappa shape index (κ3) is 2.87. The number of hydrogen-bond donors (Lipinski definition) is 2. The van der Waals surface area contributed by atoms with Crippen LogP contribution in [-0.2, 0) is 0 Å². The Hall–Kier alpha value is -1.13. The topological polar surface area (TPSA) is 79.8 Å². The first-order chi connectivity index (χ1) is 2.91. The molecule has 0 heterocycles.